The molecule has 0 heterocycles. The van der Waals surface area contributed by atoms with E-state index in [-0.39, 0.29) is 25.6 Å². The number of aliphatic hydroxyl groups is 4. The van der Waals surface area contributed by atoms with Gasteiger partial charge in [-0.3, -0.25) is 4.79 Å². The minimum atomic E-state index is -1.08. The van der Waals surface area contributed by atoms with Crippen LogP contribution in [0.5, 0.6) is 0 Å². The lowest BCUT2D eigenvalue weighted by atomic mass is 9.95. The third-order valence-corrected chi connectivity index (χ3v) is 3.57. The molecular formula is C19H24O5. The first-order chi connectivity index (χ1) is 11.5. The minimum Gasteiger partial charge on any atom is -0.396 e. The second kappa shape index (κ2) is 9.95. The Morgan fingerprint density at radius 3 is 1.67 bits per heavy atom. The zero-order chi connectivity index (χ0) is 18.0. The van der Waals surface area contributed by atoms with E-state index in [9.17, 15) is 9.90 Å². The SMILES string of the molecule is CC(CO)(CO)CO.O=C(c1ccccc1)C(O)c1ccccc1. The van der Waals surface area contributed by atoms with E-state index in [4.69, 9.17) is 15.3 Å². The molecule has 5 heteroatoms. The van der Waals surface area contributed by atoms with Crippen molar-refractivity contribution in [1.82, 2.24) is 0 Å². The second-order valence-electron chi connectivity index (χ2n) is 5.83. The number of ketones is 1. The fraction of sp³-hybridized carbons (Fsp3) is 0.316. The summed E-state index contributed by atoms with van der Waals surface area (Å²) in [5.41, 5.74) is 0.440. The highest BCUT2D eigenvalue weighted by Crippen LogP contribution is 2.17. The van der Waals surface area contributed by atoms with E-state index in [1.165, 1.54) is 0 Å². The van der Waals surface area contributed by atoms with Gasteiger partial charge in [0.15, 0.2) is 5.78 Å². The third kappa shape index (κ3) is 5.86. The normalized spacial score (nSPS) is 12.0. The van der Waals surface area contributed by atoms with Crippen LogP contribution >= 0.6 is 0 Å². The van der Waals surface area contributed by atoms with E-state index < -0.39 is 11.5 Å². The van der Waals surface area contributed by atoms with Gasteiger partial charge in [-0.15, -0.1) is 0 Å². The lowest BCUT2D eigenvalue weighted by molar-refractivity contribution is 0.0200. The van der Waals surface area contributed by atoms with Gasteiger partial charge in [-0.2, -0.15) is 0 Å². The molecule has 0 fully saturated rings. The predicted octanol–water partition coefficient (Wildman–Crippen LogP) is 1.57. The lowest BCUT2D eigenvalue weighted by Crippen LogP contribution is -2.29. The molecule has 0 saturated carbocycles. The van der Waals surface area contributed by atoms with Crippen LogP contribution in [-0.4, -0.2) is 46.0 Å². The van der Waals surface area contributed by atoms with Crippen molar-refractivity contribution in [3.05, 3.63) is 71.8 Å². The molecule has 4 N–H and O–H groups in total. The molecule has 0 aliphatic rings. The first-order valence-corrected chi connectivity index (χ1v) is 7.62. The van der Waals surface area contributed by atoms with Gasteiger partial charge in [0.25, 0.3) is 0 Å². The van der Waals surface area contributed by atoms with Gasteiger partial charge in [0.05, 0.1) is 19.8 Å². The molecule has 0 radical (unpaired) electrons. The molecular weight excluding hydrogens is 308 g/mol. The van der Waals surface area contributed by atoms with E-state index >= 15 is 0 Å². The Morgan fingerprint density at radius 1 is 0.875 bits per heavy atom. The zero-order valence-electron chi connectivity index (χ0n) is 13.7. The molecule has 2 aromatic rings. The Morgan fingerprint density at radius 2 is 1.29 bits per heavy atom. The molecule has 1 atom stereocenters. The fourth-order valence-corrected chi connectivity index (χ4v) is 1.70. The Kier molecular flexibility index (Phi) is 8.29. The summed E-state index contributed by atoms with van der Waals surface area (Å²) >= 11 is 0. The van der Waals surface area contributed by atoms with Crippen LogP contribution in [0.25, 0.3) is 0 Å². The first-order valence-electron chi connectivity index (χ1n) is 7.62. The van der Waals surface area contributed by atoms with Gasteiger partial charge >= 0.3 is 0 Å². The molecule has 1 unspecified atom stereocenters. The second-order valence-corrected chi connectivity index (χ2v) is 5.83. The van der Waals surface area contributed by atoms with Crippen molar-refractivity contribution in [2.75, 3.05) is 19.8 Å². The number of hydrogen-bond acceptors (Lipinski definition) is 5. The van der Waals surface area contributed by atoms with Gasteiger partial charge in [-0.05, 0) is 5.56 Å². The molecule has 0 saturated heterocycles. The van der Waals surface area contributed by atoms with Crippen LogP contribution in [-0.2, 0) is 0 Å². The van der Waals surface area contributed by atoms with Crippen LogP contribution in [0.4, 0.5) is 0 Å². The summed E-state index contributed by atoms with van der Waals surface area (Å²) in [6, 6.07) is 17.7. The number of carbonyl (C=O) groups is 1. The highest BCUT2D eigenvalue weighted by atomic mass is 16.3. The number of rotatable bonds is 6. The van der Waals surface area contributed by atoms with Gasteiger partial charge in [0.1, 0.15) is 6.10 Å². The summed E-state index contributed by atoms with van der Waals surface area (Å²) in [5.74, 6) is -0.271. The van der Waals surface area contributed by atoms with Crippen LogP contribution in [0.15, 0.2) is 60.7 Å². The number of benzene rings is 2. The fourth-order valence-electron chi connectivity index (χ4n) is 1.70. The lowest BCUT2D eigenvalue weighted by Gasteiger charge is -2.20. The summed E-state index contributed by atoms with van der Waals surface area (Å²) in [5, 5.41) is 35.3. The Balaban J connectivity index is 0.000000307. The van der Waals surface area contributed by atoms with Crippen LogP contribution in [0, 0.1) is 5.41 Å². The summed E-state index contributed by atoms with van der Waals surface area (Å²) in [6.07, 6.45) is -1.08. The van der Waals surface area contributed by atoms with E-state index in [1.54, 1.807) is 55.5 Å². The molecule has 130 valence electrons. The van der Waals surface area contributed by atoms with E-state index in [0.717, 1.165) is 0 Å². The molecule has 0 spiro atoms. The average molecular weight is 332 g/mol. The smallest absolute Gasteiger partial charge is 0.195 e. The molecule has 0 bridgehead atoms. The van der Waals surface area contributed by atoms with Gasteiger partial charge in [-0.25, -0.2) is 0 Å². The molecule has 2 rings (SSSR count). The Hall–Kier alpha value is -2.05. The van der Waals surface area contributed by atoms with Crippen LogP contribution in [0.2, 0.25) is 0 Å². The maximum Gasteiger partial charge on any atom is 0.195 e. The molecule has 0 amide bonds. The van der Waals surface area contributed by atoms with Gasteiger partial charge in [0.2, 0.25) is 0 Å². The molecule has 0 aliphatic carbocycles. The Bertz CT molecular complexity index is 585. The number of Topliss-reactive ketones (excluding diaryl/α,β-unsaturated/α-hetero) is 1. The largest absolute Gasteiger partial charge is 0.396 e. The molecule has 24 heavy (non-hydrogen) atoms. The number of aliphatic hydroxyl groups excluding tert-OH is 4. The Labute approximate surface area is 141 Å². The molecule has 5 nitrogen and oxygen atoms in total. The first kappa shape index (κ1) is 20.0. The average Bonchev–Trinajstić information content (AvgIpc) is 2.68. The summed E-state index contributed by atoms with van der Waals surface area (Å²) in [6.45, 7) is 1.06. The van der Waals surface area contributed by atoms with Crippen molar-refractivity contribution < 1.29 is 25.2 Å². The van der Waals surface area contributed by atoms with Crippen molar-refractivity contribution in [3.63, 3.8) is 0 Å². The van der Waals surface area contributed by atoms with Crippen molar-refractivity contribution in [2.45, 2.75) is 13.0 Å². The predicted molar refractivity (Wildman–Crippen MR) is 91.5 cm³/mol. The van der Waals surface area contributed by atoms with Crippen LogP contribution in [0.1, 0.15) is 28.9 Å². The maximum absolute atomic E-state index is 11.9. The number of hydrogen-bond donors (Lipinski definition) is 4. The summed E-state index contributed by atoms with van der Waals surface area (Å²) < 4.78 is 0. The minimum absolute atomic E-state index is 0.181. The van der Waals surface area contributed by atoms with E-state index in [2.05, 4.69) is 0 Å². The van der Waals surface area contributed by atoms with Gasteiger partial charge in [-0.1, -0.05) is 67.6 Å². The monoisotopic (exact) mass is 332 g/mol. The summed E-state index contributed by atoms with van der Waals surface area (Å²) in [4.78, 5) is 11.9. The molecule has 2 aromatic carbocycles. The number of carbonyl (C=O) groups excluding carboxylic acids is 1. The topological polar surface area (TPSA) is 98.0 Å². The quantitative estimate of drug-likeness (QED) is 0.602. The third-order valence-electron chi connectivity index (χ3n) is 3.57. The van der Waals surface area contributed by atoms with E-state index in [1.807, 2.05) is 12.1 Å². The van der Waals surface area contributed by atoms with Gasteiger partial charge in [0, 0.05) is 11.0 Å². The van der Waals surface area contributed by atoms with Crippen LogP contribution in [0.3, 0.4) is 0 Å². The van der Waals surface area contributed by atoms with Crippen molar-refractivity contribution in [1.29, 1.82) is 0 Å². The van der Waals surface area contributed by atoms with Crippen molar-refractivity contribution >= 4 is 5.78 Å². The maximum atomic E-state index is 11.9. The van der Waals surface area contributed by atoms with Crippen molar-refractivity contribution in [3.8, 4) is 0 Å². The van der Waals surface area contributed by atoms with Gasteiger partial charge < -0.3 is 20.4 Å². The van der Waals surface area contributed by atoms with E-state index in [0.29, 0.717) is 11.1 Å². The molecule has 0 aliphatic heterocycles. The summed E-state index contributed by atoms with van der Waals surface area (Å²) in [7, 11) is 0. The van der Waals surface area contributed by atoms with Crippen molar-refractivity contribution in [2.24, 2.45) is 5.41 Å². The zero-order valence-corrected chi connectivity index (χ0v) is 13.7. The highest BCUT2D eigenvalue weighted by molar-refractivity contribution is 5.99. The standard InChI is InChI=1S/C14H12O2.C5H12O3/c15-13(11-7-3-1-4-8-11)14(16)12-9-5-2-6-10-12;1-5(2-6,3-7)4-8/h1-10,13,15H;6-8H,2-4H2,1H3. The van der Waals surface area contributed by atoms with Crippen LogP contribution < -0.4 is 0 Å². The molecule has 0 aromatic heterocycles. The highest BCUT2D eigenvalue weighted by Gasteiger charge is 2.20.